The normalized spacial score (nSPS) is 12.8. The summed E-state index contributed by atoms with van der Waals surface area (Å²) in [6.45, 7) is 7.04. The number of nitrogens with zero attached hydrogens (tertiary/aromatic N) is 2. The van der Waals surface area contributed by atoms with Gasteiger partial charge < -0.3 is 14.4 Å². The Kier molecular flexibility index (Phi) is 5.35. The molecule has 0 saturated carbocycles. The highest BCUT2D eigenvalue weighted by Gasteiger charge is 2.29. The molecule has 1 unspecified atom stereocenters. The van der Waals surface area contributed by atoms with Crippen molar-refractivity contribution in [2.45, 2.75) is 38.9 Å². The van der Waals surface area contributed by atoms with Crippen molar-refractivity contribution in [3.05, 3.63) is 95.4 Å². The summed E-state index contributed by atoms with van der Waals surface area (Å²) in [7, 11) is 2.04. The Hall–Kier alpha value is -3.11. The van der Waals surface area contributed by atoms with Gasteiger partial charge in [0.15, 0.2) is 0 Å². The molecule has 2 aromatic heterocycles. The second kappa shape index (κ2) is 7.96. The average molecular weight is 401 g/mol. The van der Waals surface area contributed by atoms with Crippen molar-refractivity contribution in [1.29, 1.82) is 0 Å². The summed E-state index contributed by atoms with van der Waals surface area (Å²) >= 11 is 0. The highest BCUT2D eigenvalue weighted by Crippen LogP contribution is 2.39. The third-order valence-electron chi connectivity index (χ3n) is 5.47. The predicted octanol–water partition coefficient (Wildman–Crippen LogP) is 5.53. The monoisotopic (exact) mass is 400 g/mol. The van der Waals surface area contributed by atoms with E-state index in [1.165, 1.54) is 0 Å². The van der Waals surface area contributed by atoms with Crippen molar-refractivity contribution >= 4 is 10.9 Å². The standard InChI is InChI=1S/C26H28N2O2/c1-26(2,3)25-23(21-14-15-27-16-22(21)28(25)4)24(29)19-10-12-20(13-11-19)30-17-18-8-6-5-7-9-18/h5-16,24,29H,17H2,1-4H3. The van der Waals surface area contributed by atoms with Crippen molar-refractivity contribution in [2.24, 2.45) is 7.05 Å². The molecular weight excluding hydrogens is 372 g/mol. The summed E-state index contributed by atoms with van der Waals surface area (Å²) in [6.07, 6.45) is 2.92. The Morgan fingerprint density at radius 1 is 1.00 bits per heavy atom. The molecule has 0 aliphatic rings. The zero-order chi connectivity index (χ0) is 21.3. The maximum Gasteiger partial charge on any atom is 0.119 e. The largest absolute Gasteiger partial charge is 0.489 e. The Morgan fingerprint density at radius 2 is 1.70 bits per heavy atom. The van der Waals surface area contributed by atoms with Gasteiger partial charge in [0, 0.05) is 35.3 Å². The number of ether oxygens (including phenoxy) is 1. The Balaban J connectivity index is 1.65. The van der Waals surface area contributed by atoms with Crippen molar-refractivity contribution in [3.8, 4) is 5.75 Å². The number of benzene rings is 2. The fraction of sp³-hybridized carbons (Fsp3) is 0.269. The summed E-state index contributed by atoms with van der Waals surface area (Å²) in [5.74, 6) is 0.785. The Labute approximate surface area is 177 Å². The van der Waals surface area contributed by atoms with E-state index in [-0.39, 0.29) is 5.41 Å². The molecule has 0 radical (unpaired) electrons. The highest BCUT2D eigenvalue weighted by atomic mass is 16.5. The van der Waals surface area contributed by atoms with E-state index < -0.39 is 6.10 Å². The van der Waals surface area contributed by atoms with Gasteiger partial charge in [-0.05, 0) is 29.3 Å². The molecule has 154 valence electrons. The minimum absolute atomic E-state index is 0.122. The fourth-order valence-electron chi connectivity index (χ4n) is 4.15. The van der Waals surface area contributed by atoms with Gasteiger partial charge >= 0.3 is 0 Å². The third-order valence-corrected chi connectivity index (χ3v) is 5.47. The molecule has 1 atom stereocenters. The lowest BCUT2D eigenvalue weighted by molar-refractivity contribution is 0.218. The van der Waals surface area contributed by atoms with E-state index in [0.29, 0.717) is 6.61 Å². The van der Waals surface area contributed by atoms with E-state index in [2.05, 4.69) is 30.3 Å². The van der Waals surface area contributed by atoms with Crippen LogP contribution in [0.1, 0.15) is 49.3 Å². The number of hydrogen-bond donors (Lipinski definition) is 1. The van der Waals surface area contributed by atoms with E-state index in [9.17, 15) is 5.11 Å². The lowest BCUT2D eigenvalue weighted by atomic mass is 9.85. The molecule has 30 heavy (non-hydrogen) atoms. The van der Waals surface area contributed by atoms with E-state index in [0.717, 1.165) is 39.0 Å². The van der Waals surface area contributed by atoms with Crippen LogP contribution < -0.4 is 4.74 Å². The lowest BCUT2D eigenvalue weighted by Crippen LogP contribution is -2.19. The minimum atomic E-state index is -0.728. The van der Waals surface area contributed by atoms with Crippen LogP contribution in [0.15, 0.2) is 73.1 Å². The summed E-state index contributed by atoms with van der Waals surface area (Å²) in [6, 6.07) is 19.8. The first kappa shape index (κ1) is 20.2. The average Bonchev–Trinajstić information content (AvgIpc) is 3.06. The van der Waals surface area contributed by atoms with Crippen LogP contribution in [0.4, 0.5) is 0 Å². The maximum absolute atomic E-state index is 11.4. The number of hydrogen-bond acceptors (Lipinski definition) is 3. The molecular formula is C26H28N2O2. The van der Waals surface area contributed by atoms with Crippen molar-refractivity contribution in [3.63, 3.8) is 0 Å². The molecule has 0 fully saturated rings. The van der Waals surface area contributed by atoms with Gasteiger partial charge in [-0.3, -0.25) is 4.98 Å². The molecule has 0 aliphatic heterocycles. The van der Waals surface area contributed by atoms with Gasteiger partial charge in [0.25, 0.3) is 0 Å². The van der Waals surface area contributed by atoms with Crippen LogP contribution in [0.2, 0.25) is 0 Å². The molecule has 0 saturated heterocycles. The summed E-state index contributed by atoms with van der Waals surface area (Å²) in [4.78, 5) is 4.28. The molecule has 0 spiro atoms. The molecule has 0 amide bonds. The van der Waals surface area contributed by atoms with Gasteiger partial charge in [0.05, 0.1) is 11.7 Å². The van der Waals surface area contributed by atoms with Gasteiger partial charge in [0.1, 0.15) is 18.5 Å². The number of aromatic nitrogens is 2. The molecule has 2 heterocycles. The van der Waals surface area contributed by atoms with Crippen LogP contribution in [-0.4, -0.2) is 14.7 Å². The van der Waals surface area contributed by atoms with Crippen LogP contribution in [0, 0.1) is 0 Å². The number of aliphatic hydroxyl groups excluding tert-OH is 1. The first-order valence-electron chi connectivity index (χ1n) is 10.2. The Bertz CT molecular complexity index is 1140. The first-order valence-corrected chi connectivity index (χ1v) is 10.2. The molecule has 4 nitrogen and oxygen atoms in total. The topological polar surface area (TPSA) is 47.3 Å². The Morgan fingerprint density at radius 3 is 2.37 bits per heavy atom. The number of aliphatic hydroxyl groups is 1. The van der Waals surface area contributed by atoms with Gasteiger partial charge in [-0.15, -0.1) is 0 Å². The molecule has 1 N–H and O–H groups in total. The second-order valence-corrected chi connectivity index (χ2v) is 8.71. The number of aryl methyl sites for hydroxylation is 1. The fourth-order valence-corrected chi connectivity index (χ4v) is 4.15. The van der Waals surface area contributed by atoms with E-state index in [1.54, 1.807) is 6.20 Å². The smallest absolute Gasteiger partial charge is 0.119 e. The zero-order valence-electron chi connectivity index (χ0n) is 18.0. The highest BCUT2D eigenvalue weighted by molar-refractivity contribution is 5.86. The van der Waals surface area contributed by atoms with Crippen LogP contribution in [0.25, 0.3) is 10.9 Å². The molecule has 4 rings (SSSR count). The van der Waals surface area contributed by atoms with Gasteiger partial charge in [0.2, 0.25) is 0 Å². The lowest BCUT2D eigenvalue weighted by Gasteiger charge is -2.24. The predicted molar refractivity (Wildman–Crippen MR) is 121 cm³/mol. The van der Waals surface area contributed by atoms with Gasteiger partial charge in [-0.25, -0.2) is 0 Å². The summed E-state index contributed by atoms with van der Waals surface area (Å²) in [5, 5.41) is 12.4. The van der Waals surface area contributed by atoms with Crippen LogP contribution in [-0.2, 0) is 19.1 Å². The maximum atomic E-state index is 11.4. The quantitative estimate of drug-likeness (QED) is 0.479. The van der Waals surface area contributed by atoms with E-state index in [4.69, 9.17) is 4.74 Å². The van der Waals surface area contributed by atoms with Crippen molar-refractivity contribution < 1.29 is 9.84 Å². The van der Waals surface area contributed by atoms with Crippen LogP contribution >= 0.6 is 0 Å². The van der Waals surface area contributed by atoms with E-state index in [1.807, 2.05) is 73.9 Å². The molecule has 4 heteroatoms. The molecule has 0 bridgehead atoms. The SMILES string of the molecule is Cn1c(C(C)(C)C)c(C(O)c2ccc(OCc3ccccc3)cc2)c2ccncc21. The van der Waals surface area contributed by atoms with Crippen molar-refractivity contribution in [2.75, 3.05) is 0 Å². The van der Waals surface area contributed by atoms with Crippen LogP contribution in [0.3, 0.4) is 0 Å². The second-order valence-electron chi connectivity index (χ2n) is 8.71. The van der Waals surface area contributed by atoms with Gasteiger partial charge in [-0.1, -0.05) is 63.2 Å². The van der Waals surface area contributed by atoms with Crippen molar-refractivity contribution in [1.82, 2.24) is 9.55 Å². The molecule has 0 aliphatic carbocycles. The zero-order valence-corrected chi connectivity index (χ0v) is 18.0. The summed E-state index contributed by atoms with van der Waals surface area (Å²) in [5.41, 5.74) is 4.93. The van der Waals surface area contributed by atoms with E-state index >= 15 is 0 Å². The number of fused-ring (bicyclic) bond motifs is 1. The first-order chi connectivity index (χ1) is 14.4. The number of rotatable bonds is 5. The summed E-state index contributed by atoms with van der Waals surface area (Å²) < 4.78 is 8.04. The van der Waals surface area contributed by atoms with Gasteiger partial charge in [-0.2, -0.15) is 0 Å². The number of pyridine rings is 1. The van der Waals surface area contributed by atoms with Crippen LogP contribution in [0.5, 0.6) is 5.75 Å². The molecule has 2 aromatic carbocycles. The minimum Gasteiger partial charge on any atom is -0.489 e. The molecule has 4 aromatic rings. The third kappa shape index (κ3) is 3.83.